The van der Waals surface area contributed by atoms with Gasteiger partial charge in [-0.15, -0.1) is 10.2 Å². The van der Waals surface area contributed by atoms with Gasteiger partial charge in [0.05, 0.1) is 50.1 Å². The Labute approximate surface area is 345 Å². The Morgan fingerprint density at radius 2 is 1.37 bits per heavy atom. The highest BCUT2D eigenvalue weighted by Crippen LogP contribution is 2.35. The van der Waals surface area contributed by atoms with Crippen molar-refractivity contribution in [1.82, 2.24) is 38.8 Å². The minimum Gasteiger partial charge on any atom is -0.481 e. The quantitative estimate of drug-likeness (QED) is 0.0992. The van der Waals surface area contributed by atoms with Crippen molar-refractivity contribution in [3.8, 4) is 17.4 Å². The number of anilines is 1. The second-order valence-corrected chi connectivity index (χ2v) is 15.3. The van der Waals surface area contributed by atoms with Crippen LogP contribution in [-0.4, -0.2) is 97.2 Å². The first-order valence-electron chi connectivity index (χ1n) is 19.4. The second kappa shape index (κ2) is 17.1. The number of fused-ring (bicyclic) bond motifs is 2. The van der Waals surface area contributed by atoms with Crippen molar-refractivity contribution in [3.05, 3.63) is 114 Å². The van der Waals surface area contributed by atoms with Gasteiger partial charge < -0.3 is 33.1 Å². The van der Waals surface area contributed by atoms with Crippen LogP contribution in [0.1, 0.15) is 36.0 Å². The van der Waals surface area contributed by atoms with Gasteiger partial charge >= 0.3 is 0 Å². The van der Waals surface area contributed by atoms with E-state index in [0.717, 1.165) is 87.4 Å². The molecule has 0 atom stereocenters. The Balaban J connectivity index is 0.000000167. The van der Waals surface area contributed by atoms with Crippen LogP contribution >= 0.6 is 11.8 Å². The predicted molar refractivity (Wildman–Crippen MR) is 228 cm³/mol. The van der Waals surface area contributed by atoms with E-state index in [2.05, 4.69) is 51.5 Å². The van der Waals surface area contributed by atoms with Crippen LogP contribution < -0.4 is 14.4 Å². The number of pyridine rings is 2. The van der Waals surface area contributed by atoms with E-state index in [1.54, 1.807) is 50.5 Å². The fraction of sp³-hybridized carbons (Fsp3) is 0.326. The molecule has 5 aromatic heterocycles. The average Bonchev–Trinajstić information content (AvgIpc) is 3.88. The molecule has 2 fully saturated rings. The maximum atomic E-state index is 13.7. The molecule has 7 aromatic rings. The molecule has 13 nitrogen and oxygen atoms in total. The van der Waals surface area contributed by atoms with Gasteiger partial charge in [-0.25, -0.2) is 23.7 Å². The monoisotopic (exact) mass is 820 g/mol. The van der Waals surface area contributed by atoms with E-state index in [9.17, 15) is 8.78 Å². The largest absolute Gasteiger partial charge is 0.481 e. The van der Waals surface area contributed by atoms with Crippen LogP contribution in [0.4, 0.5) is 20.4 Å². The number of aliphatic imine (C=N–C) groups is 1. The van der Waals surface area contributed by atoms with Gasteiger partial charge in [-0.05, 0) is 86.7 Å². The van der Waals surface area contributed by atoms with E-state index >= 15 is 0 Å². The fourth-order valence-electron chi connectivity index (χ4n) is 7.58. The number of thioether (sulfide) groups is 1. The Kier molecular flexibility index (Phi) is 11.5. The molecule has 0 spiro atoms. The number of ether oxygens (including phenoxy) is 3. The van der Waals surface area contributed by atoms with Crippen molar-refractivity contribution < 1.29 is 23.0 Å². The summed E-state index contributed by atoms with van der Waals surface area (Å²) in [5.41, 5.74) is 5.96. The van der Waals surface area contributed by atoms with Gasteiger partial charge in [0, 0.05) is 79.1 Å². The number of methoxy groups -OCH3 is 2. The summed E-state index contributed by atoms with van der Waals surface area (Å²) in [5.74, 6) is 2.19. The number of hydrogen-bond acceptors (Lipinski definition) is 10. The molecule has 16 heteroatoms. The van der Waals surface area contributed by atoms with Crippen molar-refractivity contribution in [3.63, 3.8) is 0 Å². The molecule has 0 radical (unpaired) electrons. The number of halogens is 2. The Morgan fingerprint density at radius 1 is 0.780 bits per heavy atom. The van der Waals surface area contributed by atoms with Gasteiger partial charge in [0.25, 0.3) is 0 Å². The van der Waals surface area contributed by atoms with Crippen molar-refractivity contribution in [2.75, 3.05) is 58.2 Å². The minimum absolute atomic E-state index is 0.191. The molecule has 0 unspecified atom stereocenters. The SMILES string of the molecule is CCOCc1nnc(N2CC(n3cc(C)c4cc(F)ccc43)C2)n1-c1ccc(OC)nc1.COc1ccc(N=C(SC)N2CC(n3cc(C)c4cc(F)ccc43)C2)cn1. The molecule has 7 heterocycles. The molecule has 0 saturated carbocycles. The van der Waals surface area contributed by atoms with Crippen LogP contribution in [0.2, 0.25) is 0 Å². The lowest BCUT2D eigenvalue weighted by Crippen LogP contribution is -2.49. The van der Waals surface area contributed by atoms with Gasteiger partial charge in [-0.1, -0.05) is 11.8 Å². The van der Waals surface area contributed by atoms with Crippen LogP contribution in [0, 0.1) is 25.5 Å². The third kappa shape index (κ3) is 8.06. The minimum atomic E-state index is -0.211. The number of likely N-dealkylation sites (tertiary alicyclic amines) is 1. The molecule has 9 rings (SSSR count). The number of amidine groups is 1. The Morgan fingerprint density at radius 3 is 1.90 bits per heavy atom. The summed E-state index contributed by atoms with van der Waals surface area (Å²) < 4.78 is 49.6. The normalized spacial score (nSPS) is 14.7. The van der Waals surface area contributed by atoms with Gasteiger partial charge in [0.1, 0.15) is 18.2 Å². The van der Waals surface area contributed by atoms with E-state index in [4.69, 9.17) is 19.2 Å². The van der Waals surface area contributed by atoms with E-state index in [1.165, 1.54) is 12.1 Å². The van der Waals surface area contributed by atoms with Crippen LogP contribution in [0.5, 0.6) is 11.8 Å². The first-order valence-corrected chi connectivity index (χ1v) is 20.6. The molecular weight excluding hydrogens is 775 g/mol. The third-order valence-electron chi connectivity index (χ3n) is 10.7. The maximum absolute atomic E-state index is 13.7. The van der Waals surface area contributed by atoms with Crippen LogP contribution in [0.25, 0.3) is 27.5 Å². The highest BCUT2D eigenvalue weighted by molar-refractivity contribution is 8.13. The fourth-order valence-corrected chi connectivity index (χ4v) is 8.19. The van der Waals surface area contributed by atoms with Crippen molar-refractivity contribution in [1.29, 1.82) is 0 Å². The van der Waals surface area contributed by atoms with Gasteiger partial charge in [0.15, 0.2) is 11.0 Å². The van der Waals surface area contributed by atoms with Crippen molar-refractivity contribution in [2.24, 2.45) is 4.99 Å². The molecule has 2 saturated heterocycles. The first kappa shape index (κ1) is 39.8. The molecule has 2 aliphatic rings. The summed E-state index contributed by atoms with van der Waals surface area (Å²) in [7, 11) is 3.19. The highest BCUT2D eigenvalue weighted by Gasteiger charge is 2.34. The summed E-state index contributed by atoms with van der Waals surface area (Å²) in [6.07, 6.45) is 9.71. The zero-order valence-electron chi connectivity index (χ0n) is 33.8. The highest BCUT2D eigenvalue weighted by atomic mass is 32.2. The molecule has 0 N–H and O–H groups in total. The van der Waals surface area contributed by atoms with E-state index in [1.807, 2.05) is 68.0 Å². The van der Waals surface area contributed by atoms with E-state index in [-0.39, 0.29) is 17.7 Å². The summed E-state index contributed by atoms with van der Waals surface area (Å²) in [5, 5.41) is 11.7. The van der Waals surface area contributed by atoms with Crippen LogP contribution in [0.15, 0.2) is 90.4 Å². The average molecular weight is 821 g/mol. The van der Waals surface area contributed by atoms with E-state index < -0.39 is 0 Å². The topological polar surface area (TPSA) is 113 Å². The number of aromatic nitrogens is 7. The predicted octanol–water partition coefficient (Wildman–Crippen LogP) is 8.07. The Hall–Kier alpha value is -6.00. The number of hydrogen-bond donors (Lipinski definition) is 0. The molecular formula is C43H46F2N10O3S. The summed E-state index contributed by atoms with van der Waals surface area (Å²) in [4.78, 5) is 17.7. The van der Waals surface area contributed by atoms with Crippen molar-refractivity contribution in [2.45, 2.75) is 39.5 Å². The van der Waals surface area contributed by atoms with Gasteiger partial charge in [0.2, 0.25) is 17.7 Å². The maximum Gasteiger partial charge on any atom is 0.232 e. The van der Waals surface area contributed by atoms with Gasteiger partial charge in [-0.3, -0.25) is 4.57 Å². The zero-order chi connectivity index (χ0) is 41.2. The Bertz CT molecular complexity index is 2600. The number of benzene rings is 2. The molecule has 0 aliphatic carbocycles. The van der Waals surface area contributed by atoms with Crippen molar-refractivity contribution >= 4 is 50.4 Å². The van der Waals surface area contributed by atoms with Crippen LogP contribution in [0.3, 0.4) is 0 Å². The van der Waals surface area contributed by atoms with Crippen LogP contribution in [-0.2, 0) is 11.3 Å². The second-order valence-electron chi connectivity index (χ2n) is 14.5. The standard InChI is InChI=1S/C23H25FN6O2.C20H21FN4OS/c1-4-32-14-21-26-27-23(30(21)17-6-8-22(31-3)25-10-17)28-12-18(13-28)29-11-15(2)19-9-16(24)5-7-20(19)29;1-13-10-25(18-6-4-14(21)8-17(13)18)16-11-24(12-16)20(27-3)23-15-5-7-19(26-2)22-9-15/h5-11,18H,4,12-14H2,1-3H3;4-10,16H,11-12H2,1-3H3. The smallest absolute Gasteiger partial charge is 0.232 e. The summed E-state index contributed by atoms with van der Waals surface area (Å²) >= 11 is 1.62. The zero-order valence-corrected chi connectivity index (χ0v) is 34.7. The molecule has 0 bridgehead atoms. The van der Waals surface area contributed by atoms with E-state index in [0.29, 0.717) is 31.0 Å². The first-order chi connectivity index (χ1) is 28.7. The summed E-state index contributed by atoms with van der Waals surface area (Å²) in [6, 6.07) is 18.1. The molecule has 0 amide bonds. The number of rotatable bonds is 10. The lowest BCUT2D eigenvalue weighted by molar-refractivity contribution is 0.127. The third-order valence-corrected chi connectivity index (χ3v) is 11.4. The molecule has 306 valence electrons. The molecule has 2 aromatic carbocycles. The molecule has 2 aliphatic heterocycles. The van der Waals surface area contributed by atoms with Gasteiger partial charge in [-0.2, -0.15) is 0 Å². The summed E-state index contributed by atoms with van der Waals surface area (Å²) in [6.45, 7) is 10.3. The lowest BCUT2D eigenvalue weighted by atomic mass is 10.1. The lowest BCUT2D eigenvalue weighted by Gasteiger charge is -2.41. The number of aryl methyl sites for hydroxylation is 2. The molecule has 59 heavy (non-hydrogen) atoms. The number of nitrogens with zero attached hydrogens (tertiary/aromatic N) is 10.